The zero-order valence-electron chi connectivity index (χ0n) is 16.5. The summed E-state index contributed by atoms with van der Waals surface area (Å²) in [4.78, 5) is 7.33. The van der Waals surface area contributed by atoms with Gasteiger partial charge in [0.15, 0.2) is 4.34 Å². The maximum absolute atomic E-state index is 5.31. The lowest BCUT2D eigenvalue weighted by Gasteiger charge is -2.05. The Morgan fingerprint density at radius 1 is 0.793 bits per heavy atom. The highest BCUT2D eigenvalue weighted by Gasteiger charge is 2.16. The van der Waals surface area contributed by atoms with Crippen LogP contribution < -0.4 is 9.47 Å². The zero-order chi connectivity index (χ0) is 20.2. The van der Waals surface area contributed by atoms with Gasteiger partial charge in [-0.05, 0) is 73.2 Å². The maximum Gasteiger partial charge on any atom is 0.155 e. The third-order valence-electron chi connectivity index (χ3n) is 4.52. The second kappa shape index (κ2) is 8.72. The molecule has 0 N–H and O–H groups in total. The number of rotatable bonds is 6. The van der Waals surface area contributed by atoms with Crippen molar-refractivity contribution in [3.63, 3.8) is 0 Å². The lowest BCUT2D eigenvalue weighted by Crippen LogP contribution is -1.86. The summed E-state index contributed by atoms with van der Waals surface area (Å²) < 4.78 is 11.6. The first-order valence-corrected chi connectivity index (χ1v) is 10.8. The van der Waals surface area contributed by atoms with Crippen LogP contribution in [0.4, 0.5) is 0 Å². The van der Waals surface area contributed by atoms with Gasteiger partial charge in [-0.3, -0.25) is 0 Å². The molecule has 0 atom stereocenters. The van der Waals surface area contributed by atoms with Crippen LogP contribution in [0.3, 0.4) is 0 Å². The van der Waals surface area contributed by atoms with Gasteiger partial charge >= 0.3 is 0 Å². The fourth-order valence-electron chi connectivity index (χ4n) is 3.01. The van der Waals surface area contributed by atoms with Gasteiger partial charge in [0.1, 0.15) is 11.5 Å². The van der Waals surface area contributed by atoms with Gasteiger partial charge in [0, 0.05) is 10.5 Å². The van der Waals surface area contributed by atoms with E-state index in [4.69, 9.17) is 14.5 Å². The molecule has 0 aliphatic rings. The highest BCUT2D eigenvalue weighted by Crippen LogP contribution is 2.42. The first-order chi connectivity index (χ1) is 14.2. The summed E-state index contributed by atoms with van der Waals surface area (Å²) in [5.74, 6) is 1.68. The quantitative estimate of drug-likeness (QED) is 0.338. The summed E-state index contributed by atoms with van der Waals surface area (Å²) in [5.41, 5.74) is 4.43. The van der Waals surface area contributed by atoms with Crippen LogP contribution in [-0.4, -0.2) is 19.2 Å². The van der Waals surface area contributed by atoms with E-state index < -0.39 is 0 Å². The molecule has 1 heterocycles. The fraction of sp³-hybridized carbons (Fsp3) is 0.125. The predicted octanol–water partition coefficient (Wildman–Crippen LogP) is 6.95. The summed E-state index contributed by atoms with van der Waals surface area (Å²) in [7, 11) is 3.36. The van der Waals surface area contributed by atoms with Crippen molar-refractivity contribution in [3.05, 3.63) is 78.4 Å². The van der Waals surface area contributed by atoms with E-state index in [2.05, 4.69) is 55.5 Å². The van der Waals surface area contributed by atoms with Crippen LogP contribution in [0.5, 0.6) is 11.5 Å². The number of aromatic nitrogens is 1. The van der Waals surface area contributed by atoms with Crippen molar-refractivity contribution in [1.29, 1.82) is 0 Å². The van der Waals surface area contributed by atoms with Crippen molar-refractivity contribution in [2.24, 2.45) is 0 Å². The lowest BCUT2D eigenvalue weighted by atomic mass is 10.1. The molecular weight excluding hydrogens is 398 g/mol. The number of benzene rings is 3. The van der Waals surface area contributed by atoms with Crippen molar-refractivity contribution in [2.45, 2.75) is 16.2 Å². The average Bonchev–Trinajstić information content (AvgIpc) is 3.17. The standard InChI is InChI=1S/C24H21NO2S2/c1-16-5-4-6-21(15-16)28-24-25-22(17-7-11-19(26-2)12-8-17)23(29-24)18-9-13-20(27-3)14-10-18/h4-15H,1-3H3. The molecule has 29 heavy (non-hydrogen) atoms. The summed E-state index contributed by atoms with van der Waals surface area (Å²) in [6.45, 7) is 2.11. The molecule has 5 heteroatoms. The molecule has 0 fully saturated rings. The van der Waals surface area contributed by atoms with Crippen LogP contribution in [0, 0.1) is 6.92 Å². The molecule has 3 aromatic carbocycles. The van der Waals surface area contributed by atoms with Crippen molar-refractivity contribution >= 4 is 23.1 Å². The van der Waals surface area contributed by atoms with Crippen LogP contribution in [0.2, 0.25) is 0 Å². The molecule has 3 nitrogen and oxygen atoms in total. The van der Waals surface area contributed by atoms with Crippen LogP contribution in [-0.2, 0) is 0 Å². The second-order valence-corrected chi connectivity index (χ2v) is 8.85. The Kier molecular flexibility index (Phi) is 5.88. The van der Waals surface area contributed by atoms with Gasteiger partial charge in [-0.15, -0.1) is 11.3 Å². The Morgan fingerprint density at radius 2 is 1.41 bits per heavy atom. The van der Waals surface area contributed by atoms with Gasteiger partial charge in [0.05, 0.1) is 24.8 Å². The van der Waals surface area contributed by atoms with E-state index in [0.717, 1.165) is 37.5 Å². The molecule has 0 bridgehead atoms. The molecule has 0 spiro atoms. The summed E-state index contributed by atoms with van der Waals surface area (Å²) >= 11 is 3.41. The Morgan fingerprint density at radius 3 is 2.00 bits per heavy atom. The third-order valence-corrected chi connectivity index (χ3v) is 6.67. The summed E-state index contributed by atoms with van der Waals surface area (Å²) in [6, 6.07) is 24.7. The van der Waals surface area contributed by atoms with Crippen molar-refractivity contribution in [1.82, 2.24) is 4.98 Å². The number of nitrogens with zero attached hydrogens (tertiary/aromatic N) is 1. The summed E-state index contributed by atoms with van der Waals surface area (Å²) in [6.07, 6.45) is 0. The molecule has 4 rings (SSSR count). The van der Waals surface area contributed by atoms with Crippen molar-refractivity contribution in [3.8, 4) is 33.2 Å². The molecule has 0 amide bonds. The van der Waals surface area contributed by atoms with Crippen LogP contribution in [0.1, 0.15) is 5.56 Å². The van der Waals surface area contributed by atoms with Gasteiger partial charge < -0.3 is 9.47 Å². The third kappa shape index (κ3) is 4.47. The van der Waals surface area contributed by atoms with E-state index in [1.54, 1.807) is 37.3 Å². The minimum Gasteiger partial charge on any atom is -0.497 e. The van der Waals surface area contributed by atoms with Gasteiger partial charge in [-0.25, -0.2) is 4.98 Å². The smallest absolute Gasteiger partial charge is 0.155 e. The number of hydrogen-bond acceptors (Lipinski definition) is 5. The van der Waals surface area contributed by atoms with Gasteiger partial charge in [-0.2, -0.15) is 0 Å². The molecule has 0 aliphatic heterocycles. The topological polar surface area (TPSA) is 31.4 Å². The molecule has 0 saturated heterocycles. The van der Waals surface area contributed by atoms with Crippen LogP contribution in [0.15, 0.2) is 82.0 Å². The van der Waals surface area contributed by atoms with Crippen LogP contribution >= 0.6 is 23.1 Å². The molecule has 1 aromatic heterocycles. The molecule has 146 valence electrons. The molecule has 0 radical (unpaired) electrons. The zero-order valence-corrected chi connectivity index (χ0v) is 18.1. The lowest BCUT2D eigenvalue weighted by molar-refractivity contribution is 0.414. The maximum atomic E-state index is 5.31. The Bertz CT molecular complexity index is 1040. The summed E-state index contributed by atoms with van der Waals surface area (Å²) in [5, 5.41) is 0. The highest BCUT2D eigenvalue weighted by atomic mass is 32.2. The SMILES string of the molecule is COc1ccc(-c2nc(Sc3cccc(C)c3)sc2-c2ccc(OC)cc2)cc1. The van der Waals surface area contributed by atoms with Gasteiger partial charge in [0.25, 0.3) is 0 Å². The largest absolute Gasteiger partial charge is 0.497 e. The van der Waals surface area contributed by atoms with Crippen molar-refractivity contribution in [2.75, 3.05) is 14.2 Å². The van der Waals surface area contributed by atoms with Gasteiger partial charge in [-0.1, -0.05) is 29.5 Å². The minimum atomic E-state index is 0.837. The van der Waals surface area contributed by atoms with E-state index in [0.29, 0.717) is 0 Å². The number of ether oxygens (including phenoxy) is 2. The molecular formula is C24H21NO2S2. The first kappa shape index (κ1) is 19.6. The minimum absolute atomic E-state index is 0.837. The van der Waals surface area contributed by atoms with E-state index in [1.165, 1.54) is 10.5 Å². The number of aryl methyl sites for hydroxylation is 1. The highest BCUT2D eigenvalue weighted by molar-refractivity contribution is 8.01. The average molecular weight is 420 g/mol. The van der Waals surface area contributed by atoms with Crippen molar-refractivity contribution < 1.29 is 9.47 Å². The fourth-order valence-corrected chi connectivity index (χ4v) is 5.27. The van der Waals surface area contributed by atoms with Crippen LogP contribution in [0.25, 0.3) is 21.7 Å². The Balaban J connectivity index is 1.76. The monoisotopic (exact) mass is 419 g/mol. The molecule has 4 aromatic rings. The molecule has 0 aliphatic carbocycles. The predicted molar refractivity (Wildman–Crippen MR) is 121 cm³/mol. The number of thiazole rings is 1. The molecule has 0 unspecified atom stereocenters. The van der Waals surface area contributed by atoms with E-state index in [-0.39, 0.29) is 0 Å². The first-order valence-electron chi connectivity index (χ1n) is 9.20. The normalized spacial score (nSPS) is 10.7. The Labute approximate surface area is 179 Å². The molecule has 0 saturated carbocycles. The number of hydrogen-bond donors (Lipinski definition) is 0. The van der Waals surface area contributed by atoms with Gasteiger partial charge in [0.2, 0.25) is 0 Å². The Hall–Kier alpha value is -2.76. The second-order valence-electron chi connectivity index (χ2n) is 6.53. The van der Waals surface area contributed by atoms with E-state index in [1.807, 2.05) is 24.3 Å². The van der Waals surface area contributed by atoms with E-state index >= 15 is 0 Å². The van der Waals surface area contributed by atoms with E-state index in [9.17, 15) is 0 Å². The number of methoxy groups -OCH3 is 2.